The molecule has 4 nitrogen and oxygen atoms in total. The topological polar surface area (TPSA) is 43.4 Å². The smallest absolute Gasteiger partial charge is 0.126 e. The van der Waals surface area contributed by atoms with E-state index in [1.165, 1.54) is 0 Å². The van der Waals surface area contributed by atoms with Gasteiger partial charge in [-0.25, -0.2) is 4.98 Å². The Morgan fingerprint density at radius 3 is 2.65 bits per heavy atom. The number of halogens is 1. The zero-order valence-corrected chi connectivity index (χ0v) is 13.3. The van der Waals surface area contributed by atoms with Gasteiger partial charge in [0, 0.05) is 22.8 Å². The summed E-state index contributed by atoms with van der Waals surface area (Å²) in [5.74, 6) is 2.46. The summed E-state index contributed by atoms with van der Waals surface area (Å²) in [5.41, 5.74) is 2.16. The van der Waals surface area contributed by atoms with Gasteiger partial charge < -0.3 is 14.8 Å². The van der Waals surface area contributed by atoms with Crippen LogP contribution in [0.5, 0.6) is 11.5 Å². The molecule has 0 fully saturated rings. The number of aryl methyl sites for hydroxylation is 1. The van der Waals surface area contributed by atoms with Crippen LogP contribution in [0.2, 0.25) is 0 Å². The maximum Gasteiger partial charge on any atom is 0.126 e. The predicted molar refractivity (Wildman–Crippen MR) is 83.5 cm³/mol. The highest BCUT2D eigenvalue weighted by molar-refractivity contribution is 9.10. The fourth-order valence-corrected chi connectivity index (χ4v) is 2.06. The van der Waals surface area contributed by atoms with Crippen molar-refractivity contribution in [2.45, 2.75) is 13.5 Å². The molecular formula is C15H17BrN2O2. The molecule has 0 saturated carbocycles. The molecule has 0 amide bonds. The van der Waals surface area contributed by atoms with Gasteiger partial charge in [-0.15, -0.1) is 0 Å². The number of nitrogens with zero attached hydrogens (tertiary/aromatic N) is 1. The van der Waals surface area contributed by atoms with E-state index in [0.717, 1.165) is 32.9 Å². The van der Waals surface area contributed by atoms with Gasteiger partial charge in [0.15, 0.2) is 0 Å². The van der Waals surface area contributed by atoms with Crippen molar-refractivity contribution in [1.29, 1.82) is 0 Å². The van der Waals surface area contributed by atoms with Crippen molar-refractivity contribution in [2.24, 2.45) is 0 Å². The van der Waals surface area contributed by atoms with Gasteiger partial charge in [-0.3, -0.25) is 0 Å². The largest absolute Gasteiger partial charge is 0.497 e. The lowest BCUT2D eigenvalue weighted by Crippen LogP contribution is -2.04. The second-order valence-electron chi connectivity index (χ2n) is 4.35. The summed E-state index contributed by atoms with van der Waals surface area (Å²) >= 11 is 3.44. The predicted octanol–water partition coefficient (Wildman–Crippen LogP) is 3.78. The second-order valence-corrected chi connectivity index (χ2v) is 5.20. The Kier molecular flexibility index (Phi) is 4.84. The minimum atomic E-state index is 0.619. The lowest BCUT2D eigenvalue weighted by molar-refractivity contribution is 0.399. The number of pyridine rings is 1. The van der Waals surface area contributed by atoms with Crippen molar-refractivity contribution >= 4 is 21.7 Å². The summed E-state index contributed by atoms with van der Waals surface area (Å²) < 4.78 is 11.6. The van der Waals surface area contributed by atoms with Gasteiger partial charge in [-0.2, -0.15) is 0 Å². The fourth-order valence-electron chi connectivity index (χ4n) is 1.84. The summed E-state index contributed by atoms with van der Waals surface area (Å²) in [5, 5.41) is 3.29. The van der Waals surface area contributed by atoms with Crippen LogP contribution in [-0.4, -0.2) is 19.2 Å². The van der Waals surface area contributed by atoms with E-state index in [9.17, 15) is 0 Å². The third kappa shape index (κ3) is 3.42. The first-order chi connectivity index (χ1) is 9.63. The first-order valence-electron chi connectivity index (χ1n) is 6.21. The van der Waals surface area contributed by atoms with E-state index in [1.54, 1.807) is 20.4 Å². The molecule has 0 aliphatic carbocycles. The number of anilines is 1. The molecule has 5 heteroatoms. The summed E-state index contributed by atoms with van der Waals surface area (Å²) in [6.07, 6.45) is 1.79. The molecule has 106 valence electrons. The van der Waals surface area contributed by atoms with Gasteiger partial charge in [0.05, 0.1) is 14.2 Å². The van der Waals surface area contributed by atoms with Crippen LogP contribution in [0.1, 0.15) is 11.1 Å². The fraction of sp³-hybridized carbons (Fsp3) is 0.267. The number of hydrogen-bond donors (Lipinski definition) is 1. The third-order valence-corrected chi connectivity index (χ3v) is 3.82. The van der Waals surface area contributed by atoms with E-state index in [2.05, 4.69) is 26.2 Å². The van der Waals surface area contributed by atoms with Crippen molar-refractivity contribution < 1.29 is 9.47 Å². The van der Waals surface area contributed by atoms with E-state index in [1.807, 2.05) is 31.2 Å². The summed E-state index contributed by atoms with van der Waals surface area (Å²) in [6.45, 7) is 2.65. The summed E-state index contributed by atoms with van der Waals surface area (Å²) in [7, 11) is 3.31. The lowest BCUT2D eigenvalue weighted by Gasteiger charge is -2.12. The van der Waals surface area contributed by atoms with Crippen LogP contribution in [0.25, 0.3) is 0 Å². The van der Waals surface area contributed by atoms with Crippen molar-refractivity contribution in [3.8, 4) is 11.5 Å². The van der Waals surface area contributed by atoms with Crippen LogP contribution in [0.3, 0.4) is 0 Å². The molecular weight excluding hydrogens is 320 g/mol. The molecule has 0 saturated heterocycles. The number of rotatable bonds is 5. The van der Waals surface area contributed by atoms with Crippen molar-refractivity contribution in [3.63, 3.8) is 0 Å². The number of ether oxygens (including phenoxy) is 2. The maximum atomic E-state index is 5.35. The molecule has 2 aromatic rings. The second kappa shape index (κ2) is 6.61. The van der Waals surface area contributed by atoms with Gasteiger partial charge in [0.2, 0.25) is 0 Å². The molecule has 0 spiro atoms. The maximum absolute atomic E-state index is 5.35. The molecule has 1 heterocycles. The van der Waals surface area contributed by atoms with Crippen molar-refractivity contribution in [2.75, 3.05) is 19.5 Å². The van der Waals surface area contributed by atoms with Gasteiger partial charge in [0.1, 0.15) is 17.3 Å². The average molecular weight is 337 g/mol. The molecule has 20 heavy (non-hydrogen) atoms. The molecule has 1 aromatic heterocycles. The quantitative estimate of drug-likeness (QED) is 0.902. The first kappa shape index (κ1) is 14.7. The third-order valence-electron chi connectivity index (χ3n) is 2.99. The highest BCUT2D eigenvalue weighted by Crippen LogP contribution is 2.25. The lowest BCUT2D eigenvalue weighted by atomic mass is 10.2. The van der Waals surface area contributed by atoms with Crippen LogP contribution >= 0.6 is 15.9 Å². The number of methoxy groups -OCH3 is 2. The van der Waals surface area contributed by atoms with E-state index >= 15 is 0 Å². The van der Waals surface area contributed by atoms with Crippen LogP contribution in [-0.2, 0) is 6.54 Å². The Balaban J connectivity index is 2.15. The number of hydrogen-bond acceptors (Lipinski definition) is 4. The van der Waals surface area contributed by atoms with Crippen LogP contribution in [0.15, 0.2) is 34.9 Å². The molecule has 0 bridgehead atoms. The van der Waals surface area contributed by atoms with Gasteiger partial charge in [-0.05, 0) is 52.7 Å². The van der Waals surface area contributed by atoms with Crippen LogP contribution < -0.4 is 14.8 Å². The summed E-state index contributed by atoms with van der Waals surface area (Å²) in [4.78, 5) is 4.32. The molecule has 1 N–H and O–H groups in total. The molecule has 0 aliphatic heterocycles. The van der Waals surface area contributed by atoms with Gasteiger partial charge in [-0.1, -0.05) is 0 Å². The molecule has 0 unspecified atom stereocenters. The number of nitrogens with one attached hydrogen (secondary N) is 1. The van der Waals surface area contributed by atoms with E-state index in [4.69, 9.17) is 9.47 Å². The zero-order chi connectivity index (χ0) is 14.5. The Morgan fingerprint density at radius 2 is 2.00 bits per heavy atom. The van der Waals surface area contributed by atoms with Crippen molar-refractivity contribution in [3.05, 3.63) is 46.1 Å². The van der Waals surface area contributed by atoms with Crippen molar-refractivity contribution in [1.82, 2.24) is 4.98 Å². The Labute approximate surface area is 127 Å². The van der Waals surface area contributed by atoms with E-state index in [-0.39, 0.29) is 0 Å². The molecule has 0 aliphatic rings. The summed E-state index contributed by atoms with van der Waals surface area (Å²) in [6, 6.07) is 7.73. The minimum Gasteiger partial charge on any atom is -0.497 e. The zero-order valence-electron chi connectivity index (χ0n) is 11.7. The van der Waals surface area contributed by atoms with Crippen LogP contribution in [0.4, 0.5) is 5.82 Å². The monoisotopic (exact) mass is 336 g/mol. The molecule has 2 rings (SSSR count). The van der Waals surface area contributed by atoms with E-state index < -0.39 is 0 Å². The number of aromatic nitrogens is 1. The van der Waals surface area contributed by atoms with E-state index in [0.29, 0.717) is 6.54 Å². The highest BCUT2D eigenvalue weighted by atomic mass is 79.9. The number of benzene rings is 1. The molecule has 0 radical (unpaired) electrons. The minimum absolute atomic E-state index is 0.619. The molecule has 0 atom stereocenters. The SMILES string of the molecule is COc1ccc(OC)c(CNc2cc(C)c(Br)cn2)c1. The van der Waals surface area contributed by atoms with Gasteiger partial charge >= 0.3 is 0 Å². The standard InChI is InChI=1S/C15H17BrN2O2/c1-10-6-15(18-9-13(10)16)17-8-11-7-12(19-2)4-5-14(11)20-3/h4-7,9H,8H2,1-3H3,(H,17,18). The Morgan fingerprint density at radius 1 is 1.20 bits per heavy atom. The Hall–Kier alpha value is -1.75. The van der Waals surface area contributed by atoms with Crippen LogP contribution in [0, 0.1) is 6.92 Å². The normalized spacial score (nSPS) is 10.2. The first-order valence-corrected chi connectivity index (χ1v) is 7.00. The highest BCUT2D eigenvalue weighted by Gasteiger charge is 2.06. The molecule has 1 aromatic carbocycles. The van der Waals surface area contributed by atoms with Gasteiger partial charge in [0.25, 0.3) is 0 Å². The Bertz CT molecular complexity index is 602. The average Bonchev–Trinajstić information content (AvgIpc) is 2.48.